The van der Waals surface area contributed by atoms with Crippen LogP contribution >= 0.6 is 0 Å². The minimum absolute atomic E-state index is 0.251. The summed E-state index contributed by atoms with van der Waals surface area (Å²) in [4.78, 5) is 23.7. The van der Waals surface area contributed by atoms with Crippen LogP contribution in [0.5, 0.6) is 0 Å². The molecule has 0 unspecified atom stereocenters. The Morgan fingerprint density at radius 2 is 2.05 bits per heavy atom. The second-order valence-corrected chi connectivity index (χ2v) is 4.75. The van der Waals surface area contributed by atoms with Crippen LogP contribution < -0.4 is 11.1 Å². The van der Waals surface area contributed by atoms with E-state index in [2.05, 4.69) is 15.5 Å². The van der Waals surface area contributed by atoms with Gasteiger partial charge in [0.2, 0.25) is 5.91 Å². The molecule has 0 saturated carbocycles. The summed E-state index contributed by atoms with van der Waals surface area (Å²) in [5.41, 5.74) is 7.15. The topological polar surface area (TPSA) is 101 Å². The van der Waals surface area contributed by atoms with Crippen molar-refractivity contribution < 1.29 is 9.59 Å². The fraction of sp³-hybridized carbons (Fsp3) is 0.267. The molecular weight excluding hydrogens is 268 g/mol. The molecule has 1 atom stereocenters. The third-order valence-corrected chi connectivity index (χ3v) is 3.08. The zero-order valence-electron chi connectivity index (χ0n) is 11.8. The Morgan fingerprint density at radius 1 is 1.33 bits per heavy atom. The normalized spacial score (nSPS) is 11.9. The Hall–Kier alpha value is -2.63. The van der Waals surface area contributed by atoms with Gasteiger partial charge in [0, 0.05) is 5.69 Å². The van der Waals surface area contributed by atoms with E-state index < -0.39 is 17.9 Å². The maximum absolute atomic E-state index is 12.1. The SMILES string of the molecule is CCCc1cc(C(=O)N[C@@H](C(N)=O)c2ccccc2)n[nH]1. The van der Waals surface area contributed by atoms with Crippen molar-refractivity contribution in [2.75, 3.05) is 0 Å². The molecule has 0 bridgehead atoms. The summed E-state index contributed by atoms with van der Waals surface area (Å²) in [6.07, 6.45) is 1.77. The lowest BCUT2D eigenvalue weighted by atomic mass is 10.1. The highest BCUT2D eigenvalue weighted by atomic mass is 16.2. The number of carbonyl (C=O) groups is 2. The number of primary amides is 1. The molecule has 2 aromatic rings. The number of hydrogen-bond donors (Lipinski definition) is 3. The summed E-state index contributed by atoms with van der Waals surface area (Å²) in [6.45, 7) is 2.04. The third-order valence-electron chi connectivity index (χ3n) is 3.08. The van der Waals surface area contributed by atoms with Crippen LogP contribution in [-0.4, -0.2) is 22.0 Å². The van der Waals surface area contributed by atoms with E-state index in [4.69, 9.17) is 5.73 Å². The number of rotatable bonds is 6. The Kier molecular flexibility index (Phi) is 4.71. The number of aromatic nitrogens is 2. The maximum Gasteiger partial charge on any atom is 0.272 e. The van der Waals surface area contributed by atoms with E-state index >= 15 is 0 Å². The van der Waals surface area contributed by atoms with Gasteiger partial charge in [0.15, 0.2) is 0 Å². The quantitative estimate of drug-likeness (QED) is 0.746. The van der Waals surface area contributed by atoms with Crippen molar-refractivity contribution in [1.29, 1.82) is 0 Å². The number of amides is 2. The van der Waals surface area contributed by atoms with Gasteiger partial charge in [0.25, 0.3) is 5.91 Å². The second kappa shape index (κ2) is 6.69. The molecule has 0 aliphatic heterocycles. The zero-order chi connectivity index (χ0) is 15.2. The minimum atomic E-state index is -0.870. The van der Waals surface area contributed by atoms with Crippen molar-refractivity contribution in [3.05, 3.63) is 53.3 Å². The lowest BCUT2D eigenvalue weighted by molar-refractivity contribution is -0.120. The van der Waals surface area contributed by atoms with E-state index in [1.165, 1.54) is 0 Å². The molecular formula is C15H18N4O2. The van der Waals surface area contributed by atoms with Crippen LogP contribution in [0.1, 0.15) is 41.1 Å². The van der Waals surface area contributed by atoms with Gasteiger partial charge in [-0.2, -0.15) is 5.10 Å². The number of nitrogens with two attached hydrogens (primary N) is 1. The molecule has 1 aromatic carbocycles. The van der Waals surface area contributed by atoms with Gasteiger partial charge in [-0.3, -0.25) is 14.7 Å². The smallest absolute Gasteiger partial charge is 0.272 e. The summed E-state index contributed by atoms with van der Waals surface area (Å²) in [5.74, 6) is -1.04. The molecule has 0 saturated heterocycles. The first-order valence-electron chi connectivity index (χ1n) is 6.81. The Morgan fingerprint density at radius 3 is 2.67 bits per heavy atom. The Bertz CT molecular complexity index is 622. The van der Waals surface area contributed by atoms with Crippen molar-refractivity contribution in [2.24, 2.45) is 5.73 Å². The monoisotopic (exact) mass is 286 g/mol. The van der Waals surface area contributed by atoms with Crippen LogP contribution in [0.15, 0.2) is 36.4 Å². The van der Waals surface area contributed by atoms with Crippen molar-refractivity contribution in [1.82, 2.24) is 15.5 Å². The summed E-state index contributed by atoms with van der Waals surface area (Å²) in [7, 11) is 0. The van der Waals surface area contributed by atoms with Crippen molar-refractivity contribution >= 4 is 11.8 Å². The summed E-state index contributed by atoms with van der Waals surface area (Å²) >= 11 is 0. The van der Waals surface area contributed by atoms with Gasteiger partial charge in [-0.25, -0.2) is 0 Å². The highest BCUT2D eigenvalue weighted by Gasteiger charge is 2.21. The Balaban J connectivity index is 2.13. The number of nitrogens with one attached hydrogen (secondary N) is 2. The van der Waals surface area contributed by atoms with Crippen LogP contribution in [0, 0.1) is 0 Å². The van der Waals surface area contributed by atoms with Crippen molar-refractivity contribution in [3.8, 4) is 0 Å². The van der Waals surface area contributed by atoms with Gasteiger partial charge in [-0.1, -0.05) is 43.7 Å². The molecule has 0 fully saturated rings. The molecule has 0 spiro atoms. The predicted octanol–water partition coefficient (Wildman–Crippen LogP) is 1.32. The average molecular weight is 286 g/mol. The van der Waals surface area contributed by atoms with Gasteiger partial charge in [-0.05, 0) is 18.1 Å². The molecule has 0 aliphatic rings. The van der Waals surface area contributed by atoms with Gasteiger partial charge in [0.1, 0.15) is 11.7 Å². The van der Waals surface area contributed by atoms with Crippen LogP contribution in [0.2, 0.25) is 0 Å². The van der Waals surface area contributed by atoms with Gasteiger partial charge < -0.3 is 11.1 Å². The van der Waals surface area contributed by atoms with E-state index in [1.807, 2.05) is 13.0 Å². The van der Waals surface area contributed by atoms with Crippen LogP contribution in [0.4, 0.5) is 0 Å². The molecule has 6 nitrogen and oxygen atoms in total. The fourth-order valence-electron chi connectivity index (χ4n) is 2.04. The average Bonchev–Trinajstić information content (AvgIpc) is 2.94. The maximum atomic E-state index is 12.1. The number of benzene rings is 1. The van der Waals surface area contributed by atoms with Gasteiger partial charge in [-0.15, -0.1) is 0 Å². The lowest BCUT2D eigenvalue weighted by Gasteiger charge is -2.14. The first-order valence-corrected chi connectivity index (χ1v) is 6.81. The first-order chi connectivity index (χ1) is 10.1. The molecule has 6 heteroatoms. The number of aryl methyl sites for hydroxylation is 1. The van der Waals surface area contributed by atoms with Crippen LogP contribution in [0.25, 0.3) is 0 Å². The largest absolute Gasteiger partial charge is 0.368 e. The van der Waals surface area contributed by atoms with Gasteiger partial charge >= 0.3 is 0 Å². The Labute approximate surface area is 122 Å². The molecule has 110 valence electrons. The predicted molar refractivity (Wildman–Crippen MR) is 78.4 cm³/mol. The number of nitrogens with zero attached hydrogens (tertiary/aromatic N) is 1. The molecule has 0 aliphatic carbocycles. The minimum Gasteiger partial charge on any atom is -0.368 e. The van der Waals surface area contributed by atoms with E-state index in [0.717, 1.165) is 18.5 Å². The van der Waals surface area contributed by atoms with Crippen molar-refractivity contribution in [3.63, 3.8) is 0 Å². The highest BCUT2D eigenvalue weighted by molar-refractivity contribution is 5.96. The van der Waals surface area contributed by atoms with E-state index in [1.54, 1.807) is 30.3 Å². The highest BCUT2D eigenvalue weighted by Crippen LogP contribution is 2.13. The number of carbonyl (C=O) groups excluding carboxylic acids is 2. The third kappa shape index (κ3) is 3.68. The summed E-state index contributed by atoms with van der Waals surface area (Å²) < 4.78 is 0. The van der Waals surface area contributed by atoms with E-state index in [0.29, 0.717) is 5.56 Å². The number of H-pyrrole nitrogens is 1. The number of hydrogen-bond acceptors (Lipinski definition) is 3. The van der Waals surface area contributed by atoms with E-state index in [9.17, 15) is 9.59 Å². The molecule has 21 heavy (non-hydrogen) atoms. The summed E-state index contributed by atoms with van der Waals surface area (Å²) in [6, 6.07) is 9.68. The summed E-state index contributed by atoms with van der Waals surface area (Å²) in [5, 5.41) is 9.36. The zero-order valence-corrected chi connectivity index (χ0v) is 11.8. The second-order valence-electron chi connectivity index (χ2n) is 4.75. The van der Waals surface area contributed by atoms with Crippen molar-refractivity contribution in [2.45, 2.75) is 25.8 Å². The standard InChI is InChI=1S/C15H18N4O2/c1-2-6-11-9-12(19-18-11)15(21)17-13(14(16)20)10-7-4-3-5-8-10/h3-5,7-9,13H,2,6H2,1H3,(H2,16,20)(H,17,21)(H,18,19)/t13-/m1/s1. The number of aromatic amines is 1. The molecule has 2 rings (SSSR count). The molecule has 2 amide bonds. The van der Waals surface area contributed by atoms with E-state index in [-0.39, 0.29) is 5.69 Å². The molecule has 1 heterocycles. The fourth-order valence-corrected chi connectivity index (χ4v) is 2.04. The first kappa shape index (κ1) is 14.8. The molecule has 0 radical (unpaired) electrons. The van der Waals surface area contributed by atoms with Gasteiger partial charge in [0.05, 0.1) is 0 Å². The molecule has 1 aromatic heterocycles. The van der Waals surface area contributed by atoms with Crippen LogP contribution in [0.3, 0.4) is 0 Å². The lowest BCUT2D eigenvalue weighted by Crippen LogP contribution is -2.37. The molecule has 4 N–H and O–H groups in total. The van der Waals surface area contributed by atoms with Crippen LogP contribution in [-0.2, 0) is 11.2 Å².